The highest BCUT2D eigenvalue weighted by Crippen LogP contribution is 2.31. The lowest BCUT2D eigenvalue weighted by molar-refractivity contribution is 0.0894. The minimum absolute atomic E-state index is 0.00716. The summed E-state index contributed by atoms with van der Waals surface area (Å²) in [5, 5.41) is 17.6. The summed E-state index contributed by atoms with van der Waals surface area (Å²) < 4.78 is 5.29. The van der Waals surface area contributed by atoms with Gasteiger partial charge in [-0.2, -0.15) is 0 Å². The van der Waals surface area contributed by atoms with E-state index in [1.54, 1.807) is 31.2 Å². The summed E-state index contributed by atoms with van der Waals surface area (Å²) in [4.78, 5) is 12.7. The molecule has 0 aliphatic carbocycles. The van der Waals surface area contributed by atoms with Gasteiger partial charge in [-0.3, -0.25) is 4.79 Å². The molecular formula is C20H19ClN2O3. The molecule has 0 aliphatic rings. The van der Waals surface area contributed by atoms with E-state index in [1.165, 1.54) is 0 Å². The molecule has 26 heavy (non-hydrogen) atoms. The standard InChI is InChI=1S/C20H19ClN2O3/c1-12(14-6-4-3-5-7-14)22-20(25)19-17(13(2)24)18(23-26-19)15-8-10-16(21)11-9-15/h3-13,24H,1-2H3,(H,22,25). The fourth-order valence-corrected chi connectivity index (χ4v) is 2.88. The molecule has 2 unspecified atom stereocenters. The number of aliphatic hydroxyl groups is 1. The van der Waals surface area contributed by atoms with Crippen LogP contribution < -0.4 is 5.32 Å². The molecule has 3 rings (SSSR count). The summed E-state index contributed by atoms with van der Waals surface area (Å²) in [5.74, 6) is -0.419. The summed E-state index contributed by atoms with van der Waals surface area (Å²) in [5.41, 5.74) is 2.46. The summed E-state index contributed by atoms with van der Waals surface area (Å²) in [7, 11) is 0. The monoisotopic (exact) mass is 370 g/mol. The summed E-state index contributed by atoms with van der Waals surface area (Å²) in [6, 6.07) is 16.3. The van der Waals surface area contributed by atoms with Crippen LogP contribution in [-0.4, -0.2) is 16.2 Å². The van der Waals surface area contributed by atoms with Crippen molar-refractivity contribution in [3.05, 3.63) is 76.5 Å². The van der Waals surface area contributed by atoms with Crippen molar-refractivity contribution in [2.45, 2.75) is 26.0 Å². The number of hydrogen-bond donors (Lipinski definition) is 2. The van der Waals surface area contributed by atoms with Crippen molar-refractivity contribution in [1.29, 1.82) is 0 Å². The Balaban J connectivity index is 1.90. The van der Waals surface area contributed by atoms with Crippen LogP contribution in [0, 0.1) is 0 Å². The largest absolute Gasteiger partial charge is 0.388 e. The molecule has 1 amide bonds. The van der Waals surface area contributed by atoms with Gasteiger partial charge in [-0.05, 0) is 31.5 Å². The van der Waals surface area contributed by atoms with Crippen molar-refractivity contribution < 1.29 is 14.4 Å². The summed E-state index contributed by atoms with van der Waals surface area (Å²) in [6.07, 6.45) is -0.917. The van der Waals surface area contributed by atoms with Gasteiger partial charge >= 0.3 is 0 Å². The van der Waals surface area contributed by atoms with Crippen molar-refractivity contribution in [1.82, 2.24) is 10.5 Å². The first-order valence-electron chi connectivity index (χ1n) is 8.26. The number of nitrogens with one attached hydrogen (secondary N) is 1. The number of halogens is 1. The molecule has 134 valence electrons. The molecule has 5 nitrogen and oxygen atoms in total. The van der Waals surface area contributed by atoms with Crippen molar-refractivity contribution in [3.63, 3.8) is 0 Å². The number of benzene rings is 2. The van der Waals surface area contributed by atoms with Crippen molar-refractivity contribution in [2.75, 3.05) is 0 Å². The maximum Gasteiger partial charge on any atom is 0.290 e. The highest BCUT2D eigenvalue weighted by molar-refractivity contribution is 6.30. The van der Waals surface area contributed by atoms with Gasteiger partial charge in [0, 0.05) is 10.6 Å². The minimum atomic E-state index is -0.917. The average molecular weight is 371 g/mol. The Hall–Kier alpha value is -2.63. The van der Waals surface area contributed by atoms with Crippen LogP contribution in [0.15, 0.2) is 59.1 Å². The number of nitrogens with zero attached hydrogens (tertiary/aromatic N) is 1. The van der Waals surface area contributed by atoms with Gasteiger partial charge < -0.3 is 14.9 Å². The van der Waals surface area contributed by atoms with Gasteiger partial charge in [0.15, 0.2) is 0 Å². The van der Waals surface area contributed by atoms with Gasteiger partial charge in [0.2, 0.25) is 5.76 Å². The van der Waals surface area contributed by atoms with Gasteiger partial charge in [-0.1, -0.05) is 59.2 Å². The van der Waals surface area contributed by atoms with E-state index >= 15 is 0 Å². The first-order chi connectivity index (χ1) is 12.5. The van der Waals surface area contributed by atoms with Crippen molar-refractivity contribution in [2.24, 2.45) is 0 Å². The fourth-order valence-electron chi connectivity index (χ4n) is 2.75. The summed E-state index contributed by atoms with van der Waals surface area (Å²) in [6.45, 7) is 3.45. The van der Waals surface area contributed by atoms with E-state index in [-0.39, 0.29) is 11.8 Å². The Labute approximate surface area is 156 Å². The van der Waals surface area contributed by atoms with Crippen LogP contribution in [0.4, 0.5) is 0 Å². The summed E-state index contributed by atoms with van der Waals surface area (Å²) >= 11 is 5.92. The zero-order valence-electron chi connectivity index (χ0n) is 14.4. The number of aliphatic hydroxyl groups excluding tert-OH is 1. The first kappa shape index (κ1) is 18.2. The highest BCUT2D eigenvalue weighted by atomic mass is 35.5. The predicted octanol–water partition coefficient (Wildman–Crippen LogP) is 4.54. The number of carbonyl (C=O) groups excluding carboxylic acids is 1. The molecule has 1 heterocycles. The quantitative estimate of drug-likeness (QED) is 0.691. The molecule has 0 saturated carbocycles. The molecule has 0 aliphatic heterocycles. The van der Waals surface area contributed by atoms with Crippen LogP contribution in [0.2, 0.25) is 5.02 Å². The van der Waals surface area contributed by atoms with Crippen LogP contribution in [0.25, 0.3) is 11.3 Å². The van der Waals surface area contributed by atoms with E-state index in [0.717, 1.165) is 5.56 Å². The smallest absolute Gasteiger partial charge is 0.290 e. The second-order valence-electron chi connectivity index (χ2n) is 6.06. The van der Waals surface area contributed by atoms with Crippen LogP contribution in [-0.2, 0) is 0 Å². The van der Waals surface area contributed by atoms with Crippen LogP contribution in [0.1, 0.15) is 47.7 Å². The normalized spacial score (nSPS) is 13.2. The van der Waals surface area contributed by atoms with E-state index in [4.69, 9.17) is 16.1 Å². The molecule has 0 radical (unpaired) electrons. The van der Waals surface area contributed by atoms with Gasteiger partial charge in [0.1, 0.15) is 5.69 Å². The van der Waals surface area contributed by atoms with E-state index in [9.17, 15) is 9.90 Å². The van der Waals surface area contributed by atoms with E-state index in [1.807, 2.05) is 37.3 Å². The molecule has 0 bridgehead atoms. The third kappa shape index (κ3) is 3.79. The average Bonchev–Trinajstić information content (AvgIpc) is 3.08. The SMILES string of the molecule is CC(O)c1c(-c2ccc(Cl)cc2)noc1C(=O)NC(C)c1ccccc1. The number of hydrogen-bond acceptors (Lipinski definition) is 4. The Kier molecular flexibility index (Phi) is 5.40. The van der Waals surface area contributed by atoms with Crippen molar-refractivity contribution in [3.8, 4) is 11.3 Å². The molecule has 2 aromatic carbocycles. The van der Waals surface area contributed by atoms with E-state index < -0.39 is 12.0 Å². The van der Waals surface area contributed by atoms with E-state index in [2.05, 4.69) is 10.5 Å². The zero-order chi connectivity index (χ0) is 18.7. The lowest BCUT2D eigenvalue weighted by Crippen LogP contribution is -2.27. The lowest BCUT2D eigenvalue weighted by Gasteiger charge is -2.14. The Morgan fingerprint density at radius 3 is 2.38 bits per heavy atom. The number of aromatic nitrogens is 1. The Morgan fingerprint density at radius 2 is 1.77 bits per heavy atom. The van der Waals surface area contributed by atoms with Gasteiger partial charge in [0.05, 0.1) is 17.7 Å². The van der Waals surface area contributed by atoms with Crippen LogP contribution in [0.3, 0.4) is 0 Å². The van der Waals surface area contributed by atoms with Gasteiger partial charge in [-0.25, -0.2) is 0 Å². The highest BCUT2D eigenvalue weighted by Gasteiger charge is 2.27. The van der Waals surface area contributed by atoms with Crippen LogP contribution >= 0.6 is 11.6 Å². The molecule has 0 spiro atoms. The molecular weight excluding hydrogens is 352 g/mol. The topological polar surface area (TPSA) is 75.4 Å². The number of carbonyl (C=O) groups is 1. The third-order valence-corrected chi connectivity index (χ3v) is 4.37. The van der Waals surface area contributed by atoms with Gasteiger partial charge in [0.25, 0.3) is 5.91 Å². The number of rotatable bonds is 5. The van der Waals surface area contributed by atoms with E-state index in [0.29, 0.717) is 21.8 Å². The second-order valence-corrected chi connectivity index (χ2v) is 6.50. The maximum atomic E-state index is 12.7. The molecule has 0 saturated heterocycles. The maximum absolute atomic E-state index is 12.7. The Bertz CT molecular complexity index is 889. The van der Waals surface area contributed by atoms with Gasteiger partial charge in [-0.15, -0.1) is 0 Å². The minimum Gasteiger partial charge on any atom is -0.388 e. The molecule has 1 aromatic heterocycles. The Morgan fingerprint density at radius 1 is 1.12 bits per heavy atom. The number of amides is 1. The lowest BCUT2D eigenvalue weighted by atomic mass is 10.0. The fraction of sp³-hybridized carbons (Fsp3) is 0.200. The van der Waals surface area contributed by atoms with Crippen LogP contribution in [0.5, 0.6) is 0 Å². The van der Waals surface area contributed by atoms with Crippen molar-refractivity contribution >= 4 is 17.5 Å². The molecule has 0 fully saturated rings. The third-order valence-electron chi connectivity index (χ3n) is 4.12. The molecule has 6 heteroatoms. The second kappa shape index (κ2) is 7.72. The zero-order valence-corrected chi connectivity index (χ0v) is 15.2. The first-order valence-corrected chi connectivity index (χ1v) is 8.64. The predicted molar refractivity (Wildman–Crippen MR) is 99.9 cm³/mol. The molecule has 3 aromatic rings. The molecule has 2 atom stereocenters. The molecule has 2 N–H and O–H groups in total.